The van der Waals surface area contributed by atoms with Crippen molar-refractivity contribution in [2.24, 2.45) is 0 Å². The van der Waals surface area contributed by atoms with Gasteiger partial charge in [-0.1, -0.05) is 12.1 Å². The summed E-state index contributed by atoms with van der Waals surface area (Å²) in [6.07, 6.45) is 0. The smallest absolute Gasteiger partial charge is 0.387 e. The van der Waals surface area contributed by atoms with Crippen LogP contribution in [0.25, 0.3) is 0 Å². The van der Waals surface area contributed by atoms with E-state index >= 15 is 0 Å². The van der Waals surface area contributed by atoms with E-state index in [2.05, 4.69) is 36.6 Å². The van der Waals surface area contributed by atoms with E-state index in [1.54, 1.807) is 12.1 Å². The summed E-state index contributed by atoms with van der Waals surface area (Å²) < 4.78 is 30.1. The van der Waals surface area contributed by atoms with Crippen molar-refractivity contribution < 1.29 is 18.3 Å². The van der Waals surface area contributed by atoms with Gasteiger partial charge in [-0.2, -0.15) is 8.78 Å². The van der Waals surface area contributed by atoms with Crippen LogP contribution in [-0.2, 0) is 0 Å². The number of thiophene rings is 1. The Morgan fingerprint density at radius 1 is 1.26 bits per heavy atom. The molecule has 2 aromatic rings. The van der Waals surface area contributed by atoms with Crippen molar-refractivity contribution in [3.05, 3.63) is 49.0 Å². The Morgan fingerprint density at radius 3 is 2.58 bits per heavy atom. The SMILES string of the molecule is O=C(c1cccc(OC(F)F)c1)c1cc(Br)c(Br)s1. The van der Waals surface area contributed by atoms with E-state index in [1.807, 2.05) is 0 Å². The summed E-state index contributed by atoms with van der Waals surface area (Å²) >= 11 is 7.86. The van der Waals surface area contributed by atoms with Gasteiger partial charge in [0.2, 0.25) is 5.78 Å². The molecule has 0 fully saturated rings. The molecule has 0 amide bonds. The highest BCUT2D eigenvalue weighted by molar-refractivity contribution is 9.13. The first-order valence-corrected chi connectivity index (χ1v) is 7.42. The minimum Gasteiger partial charge on any atom is -0.435 e. The molecule has 0 spiro atoms. The zero-order chi connectivity index (χ0) is 14.0. The molecule has 7 heteroatoms. The number of carbonyl (C=O) groups is 1. The third-order valence-corrected chi connectivity index (χ3v) is 5.45. The van der Waals surface area contributed by atoms with Crippen LogP contribution in [0.3, 0.4) is 0 Å². The van der Waals surface area contributed by atoms with Crippen molar-refractivity contribution in [3.63, 3.8) is 0 Å². The molecule has 100 valence electrons. The van der Waals surface area contributed by atoms with Gasteiger partial charge >= 0.3 is 6.61 Å². The van der Waals surface area contributed by atoms with Crippen LogP contribution in [0.4, 0.5) is 8.78 Å². The molecular formula is C12H6Br2F2O2S. The molecule has 0 unspecified atom stereocenters. The third kappa shape index (κ3) is 3.61. The second kappa shape index (κ2) is 6.11. The highest BCUT2D eigenvalue weighted by Gasteiger charge is 2.15. The van der Waals surface area contributed by atoms with Crippen molar-refractivity contribution >= 4 is 49.0 Å². The van der Waals surface area contributed by atoms with E-state index in [1.165, 1.54) is 29.5 Å². The van der Waals surface area contributed by atoms with Gasteiger partial charge in [-0.15, -0.1) is 11.3 Å². The van der Waals surface area contributed by atoms with Gasteiger partial charge in [0.25, 0.3) is 0 Å². The first-order valence-electron chi connectivity index (χ1n) is 5.02. The van der Waals surface area contributed by atoms with Crippen molar-refractivity contribution in [3.8, 4) is 5.75 Å². The quantitative estimate of drug-likeness (QED) is 0.653. The molecule has 1 aromatic heterocycles. The predicted molar refractivity (Wildman–Crippen MR) is 76.2 cm³/mol. The predicted octanol–water partition coefficient (Wildman–Crippen LogP) is 5.11. The van der Waals surface area contributed by atoms with E-state index in [9.17, 15) is 13.6 Å². The molecule has 0 radical (unpaired) electrons. The normalized spacial score (nSPS) is 10.8. The largest absolute Gasteiger partial charge is 0.435 e. The Balaban J connectivity index is 2.28. The molecule has 2 nitrogen and oxygen atoms in total. The summed E-state index contributed by atoms with van der Waals surface area (Å²) in [7, 11) is 0. The molecule has 2 rings (SSSR count). The van der Waals surface area contributed by atoms with Gasteiger partial charge in [-0.25, -0.2) is 0 Å². The first kappa shape index (κ1) is 14.6. The topological polar surface area (TPSA) is 26.3 Å². The maximum atomic E-state index is 12.2. The lowest BCUT2D eigenvalue weighted by Gasteiger charge is -2.05. The van der Waals surface area contributed by atoms with Crippen LogP contribution in [-0.4, -0.2) is 12.4 Å². The van der Waals surface area contributed by atoms with Crippen LogP contribution in [0.15, 0.2) is 38.6 Å². The summed E-state index contributed by atoms with van der Waals surface area (Å²) in [5.41, 5.74) is 0.305. The van der Waals surface area contributed by atoms with Crippen molar-refractivity contribution in [1.82, 2.24) is 0 Å². The summed E-state index contributed by atoms with van der Waals surface area (Å²) in [5, 5.41) is 0. The maximum Gasteiger partial charge on any atom is 0.387 e. The molecule has 19 heavy (non-hydrogen) atoms. The lowest BCUT2D eigenvalue weighted by Crippen LogP contribution is -2.04. The number of rotatable bonds is 4. The molecule has 0 aliphatic heterocycles. The summed E-state index contributed by atoms with van der Waals surface area (Å²) in [5.74, 6) is -0.272. The molecule has 0 N–H and O–H groups in total. The Kier molecular flexibility index (Phi) is 4.70. The molecule has 0 saturated carbocycles. The van der Waals surface area contributed by atoms with Gasteiger partial charge < -0.3 is 4.74 Å². The van der Waals surface area contributed by atoms with Crippen LogP contribution in [0.2, 0.25) is 0 Å². The molecule has 1 aromatic carbocycles. The van der Waals surface area contributed by atoms with E-state index in [-0.39, 0.29) is 11.5 Å². The van der Waals surface area contributed by atoms with Gasteiger partial charge in [-0.3, -0.25) is 4.79 Å². The summed E-state index contributed by atoms with van der Waals surface area (Å²) in [4.78, 5) is 12.7. The molecule has 0 saturated heterocycles. The van der Waals surface area contributed by atoms with Crippen LogP contribution in [0, 0.1) is 0 Å². The lowest BCUT2D eigenvalue weighted by atomic mass is 10.1. The molecule has 0 aliphatic rings. The van der Waals surface area contributed by atoms with Crippen molar-refractivity contribution in [1.29, 1.82) is 0 Å². The zero-order valence-corrected chi connectivity index (χ0v) is 13.2. The Hall–Kier alpha value is -0.790. The average Bonchev–Trinajstić information content (AvgIpc) is 2.68. The second-order valence-electron chi connectivity index (χ2n) is 3.47. The van der Waals surface area contributed by atoms with Crippen LogP contribution in [0.5, 0.6) is 5.75 Å². The van der Waals surface area contributed by atoms with Crippen molar-refractivity contribution in [2.45, 2.75) is 6.61 Å². The number of ether oxygens (including phenoxy) is 1. The van der Waals surface area contributed by atoms with E-state index in [4.69, 9.17) is 0 Å². The van der Waals surface area contributed by atoms with Gasteiger partial charge in [0.05, 0.1) is 8.66 Å². The zero-order valence-electron chi connectivity index (χ0n) is 9.20. The van der Waals surface area contributed by atoms with Crippen LogP contribution >= 0.6 is 43.2 Å². The fourth-order valence-corrected chi connectivity index (χ4v) is 3.41. The van der Waals surface area contributed by atoms with E-state index < -0.39 is 6.61 Å². The molecule has 0 atom stereocenters. The average molecular weight is 412 g/mol. The highest BCUT2D eigenvalue weighted by Crippen LogP contribution is 2.33. The van der Waals surface area contributed by atoms with Gasteiger partial charge in [0.15, 0.2) is 0 Å². The number of benzene rings is 1. The minimum atomic E-state index is -2.91. The third-order valence-electron chi connectivity index (χ3n) is 2.19. The molecule has 1 heterocycles. The minimum absolute atomic E-state index is 0.0319. The van der Waals surface area contributed by atoms with Crippen LogP contribution in [0.1, 0.15) is 15.2 Å². The van der Waals surface area contributed by atoms with E-state index in [0.29, 0.717) is 10.4 Å². The van der Waals surface area contributed by atoms with Gasteiger partial charge in [0, 0.05) is 10.0 Å². The van der Waals surface area contributed by atoms with Crippen LogP contribution < -0.4 is 4.74 Å². The Labute approximate surface area is 128 Å². The fourth-order valence-electron chi connectivity index (χ4n) is 1.41. The molecular weight excluding hydrogens is 406 g/mol. The number of hydrogen-bond donors (Lipinski definition) is 0. The lowest BCUT2D eigenvalue weighted by molar-refractivity contribution is -0.0498. The Bertz CT molecular complexity index is 594. The monoisotopic (exact) mass is 410 g/mol. The highest BCUT2D eigenvalue weighted by atomic mass is 79.9. The van der Waals surface area contributed by atoms with Gasteiger partial charge in [0.1, 0.15) is 5.75 Å². The number of carbonyl (C=O) groups excluding carboxylic acids is 1. The summed E-state index contributed by atoms with van der Waals surface area (Å²) in [6.45, 7) is -2.91. The number of hydrogen-bond acceptors (Lipinski definition) is 3. The standard InChI is InChI=1S/C12H6Br2F2O2S/c13-8-5-9(19-11(8)14)10(17)6-2-1-3-7(4-6)18-12(15)16/h1-5,12H. The molecule has 0 aliphatic carbocycles. The fraction of sp³-hybridized carbons (Fsp3) is 0.0833. The maximum absolute atomic E-state index is 12.2. The van der Waals surface area contributed by atoms with Gasteiger partial charge in [-0.05, 0) is 50.1 Å². The van der Waals surface area contributed by atoms with E-state index in [0.717, 1.165) is 8.26 Å². The molecule has 0 bridgehead atoms. The second-order valence-corrected chi connectivity index (χ2v) is 6.69. The number of ketones is 1. The Morgan fingerprint density at radius 2 is 2.00 bits per heavy atom. The van der Waals surface area contributed by atoms with Crippen molar-refractivity contribution in [2.75, 3.05) is 0 Å². The number of alkyl halides is 2. The first-order chi connectivity index (χ1) is 8.97. The number of halogens is 4. The summed E-state index contributed by atoms with van der Waals surface area (Å²) in [6, 6.07) is 7.42.